The number of thiazole rings is 1. The number of nitrogens with two attached hydrogens (primary N) is 1. The lowest BCUT2D eigenvalue weighted by Gasteiger charge is -2.00. The molecule has 4 heteroatoms. The molecule has 13 heavy (non-hydrogen) atoms. The van der Waals surface area contributed by atoms with Gasteiger partial charge in [-0.3, -0.25) is 0 Å². The maximum absolute atomic E-state index is 5.69. The number of hydrogen-bond donors (Lipinski definition) is 2. The van der Waals surface area contributed by atoms with Crippen LogP contribution in [-0.4, -0.2) is 17.1 Å². The molecule has 1 aromatic rings. The standard InChI is InChI=1S/C9H15N3S/c1-6(10)4-8-5-13-9(12-8)11-7-2-3-7/h5-7H,2-4,10H2,1H3,(H,11,12). The van der Waals surface area contributed by atoms with Crippen LogP contribution in [0, 0.1) is 0 Å². The van der Waals surface area contributed by atoms with E-state index in [9.17, 15) is 0 Å². The van der Waals surface area contributed by atoms with Gasteiger partial charge in [-0.05, 0) is 19.8 Å². The molecule has 0 amide bonds. The largest absolute Gasteiger partial charge is 0.359 e. The van der Waals surface area contributed by atoms with E-state index in [4.69, 9.17) is 5.73 Å². The highest BCUT2D eigenvalue weighted by Crippen LogP contribution is 2.26. The van der Waals surface area contributed by atoms with E-state index in [2.05, 4.69) is 15.7 Å². The molecule has 3 nitrogen and oxygen atoms in total. The number of nitrogens with zero attached hydrogens (tertiary/aromatic N) is 1. The summed E-state index contributed by atoms with van der Waals surface area (Å²) in [5.74, 6) is 0. The Balaban J connectivity index is 1.91. The quantitative estimate of drug-likeness (QED) is 0.771. The van der Waals surface area contributed by atoms with Crippen molar-refractivity contribution in [3.05, 3.63) is 11.1 Å². The van der Waals surface area contributed by atoms with Crippen molar-refractivity contribution in [2.75, 3.05) is 5.32 Å². The summed E-state index contributed by atoms with van der Waals surface area (Å²) in [5, 5.41) is 6.52. The highest BCUT2D eigenvalue weighted by molar-refractivity contribution is 7.13. The van der Waals surface area contributed by atoms with Gasteiger partial charge in [0.05, 0.1) is 5.69 Å². The molecule has 1 aliphatic rings. The summed E-state index contributed by atoms with van der Waals surface area (Å²) in [6, 6.07) is 0.894. The monoisotopic (exact) mass is 197 g/mol. The van der Waals surface area contributed by atoms with Crippen molar-refractivity contribution in [2.45, 2.75) is 38.3 Å². The van der Waals surface area contributed by atoms with Gasteiger partial charge in [0.1, 0.15) is 0 Å². The lowest BCUT2D eigenvalue weighted by Crippen LogP contribution is -2.17. The molecule has 0 radical (unpaired) electrons. The molecule has 1 aliphatic carbocycles. The summed E-state index contributed by atoms with van der Waals surface area (Å²) in [4.78, 5) is 4.46. The normalized spacial score (nSPS) is 18.6. The Morgan fingerprint density at radius 2 is 2.54 bits per heavy atom. The second-order valence-corrected chi connectivity index (χ2v) is 4.60. The van der Waals surface area contributed by atoms with E-state index in [1.165, 1.54) is 12.8 Å². The molecule has 72 valence electrons. The molecular weight excluding hydrogens is 182 g/mol. The van der Waals surface area contributed by atoms with Crippen molar-refractivity contribution in [2.24, 2.45) is 5.73 Å². The van der Waals surface area contributed by atoms with Crippen LogP contribution in [0.2, 0.25) is 0 Å². The fraction of sp³-hybridized carbons (Fsp3) is 0.667. The predicted octanol–water partition coefficient (Wildman–Crippen LogP) is 1.61. The summed E-state index contributed by atoms with van der Waals surface area (Å²) in [7, 11) is 0. The van der Waals surface area contributed by atoms with Crippen molar-refractivity contribution in [1.82, 2.24) is 4.98 Å². The second-order valence-electron chi connectivity index (χ2n) is 3.74. The van der Waals surface area contributed by atoms with E-state index in [1.807, 2.05) is 6.92 Å². The molecule has 1 saturated carbocycles. The smallest absolute Gasteiger partial charge is 0.183 e. The van der Waals surface area contributed by atoms with E-state index < -0.39 is 0 Å². The van der Waals surface area contributed by atoms with Crippen LogP contribution in [0.3, 0.4) is 0 Å². The van der Waals surface area contributed by atoms with Crippen molar-refractivity contribution in [3.63, 3.8) is 0 Å². The summed E-state index contributed by atoms with van der Waals surface area (Å²) in [6.07, 6.45) is 3.47. The van der Waals surface area contributed by atoms with Gasteiger partial charge in [0.2, 0.25) is 0 Å². The Kier molecular flexibility index (Phi) is 2.51. The van der Waals surface area contributed by atoms with Crippen molar-refractivity contribution in [1.29, 1.82) is 0 Å². The maximum Gasteiger partial charge on any atom is 0.183 e. The van der Waals surface area contributed by atoms with Gasteiger partial charge in [-0.1, -0.05) is 0 Å². The lowest BCUT2D eigenvalue weighted by atomic mass is 10.2. The van der Waals surface area contributed by atoms with Gasteiger partial charge in [0, 0.05) is 23.9 Å². The molecule has 1 heterocycles. The van der Waals surface area contributed by atoms with E-state index in [0.29, 0.717) is 6.04 Å². The van der Waals surface area contributed by atoms with E-state index >= 15 is 0 Å². The third-order valence-electron chi connectivity index (χ3n) is 1.99. The molecule has 1 aromatic heterocycles. The minimum atomic E-state index is 0.205. The van der Waals surface area contributed by atoms with Gasteiger partial charge in [-0.15, -0.1) is 11.3 Å². The molecule has 0 aliphatic heterocycles. The van der Waals surface area contributed by atoms with E-state index in [0.717, 1.165) is 17.2 Å². The van der Waals surface area contributed by atoms with Gasteiger partial charge in [-0.2, -0.15) is 0 Å². The number of hydrogen-bond acceptors (Lipinski definition) is 4. The lowest BCUT2D eigenvalue weighted by molar-refractivity contribution is 0.726. The fourth-order valence-corrected chi connectivity index (χ4v) is 2.00. The highest BCUT2D eigenvalue weighted by Gasteiger charge is 2.21. The molecule has 0 bridgehead atoms. The fourth-order valence-electron chi connectivity index (χ4n) is 1.20. The topological polar surface area (TPSA) is 50.9 Å². The predicted molar refractivity (Wildman–Crippen MR) is 56.1 cm³/mol. The summed E-state index contributed by atoms with van der Waals surface area (Å²) in [5.41, 5.74) is 6.81. The Morgan fingerprint density at radius 3 is 3.15 bits per heavy atom. The second kappa shape index (κ2) is 3.64. The average molecular weight is 197 g/mol. The zero-order valence-electron chi connectivity index (χ0n) is 7.79. The minimum Gasteiger partial charge on any atom is -0.359 e. The Morgan fingerprint density at radius 1 is 1.77 bits per heavy atom. The zero-order chi connectivity index (χ0) is 9.26. The van der Waals surface area contributed by atoms with Crippen LogP contribution in [0.25, 0.3) is 0 Å². The average Bonchev–Trinajstić information content (AvgIpc) is 2.73. The third kappa shape index (κ3) is 2.67. The first-order valence-corrected chi connectivity index (χ1v) is 5.58. The van der Waals surface area contributed by atoms with Crippen LogP contribution in [0.5, 0.6) is 0 Å². The molecule has 1 atom stereocenters. The summed E-state index contributed by atoms with van der Waals surface area (Å²) >= 11 is 1.68. The third-order valence-corrected chi connectivity index (χ3v) is 2.81. The first-order valence-electron chi connectivity index (χ1n) is 4.70. The molecule has 3 N–H and O–H groups in total. The Hall–Kier alpha value is -0.610. The number of aromatic nitrogens is 1. The molecule has 1 fully saturated rings. The van der Waals surface area contributed by atoms with Crippen molar-refractivity contribution < 1.29 is 0 Å². The molecule has 1 unspecified atom stereocenters. The summed E-state index contributed by atoms with van der Waals surface area (Å²) in [6.45, 7) is 2.01. The first kappa shape index (κ1) is 8.97. The molecule has 0 spiro atoms. The van der Waals surface area contributed by atoms with E-state index in [1.54, 1.807) is 11.3 Å². The van der Waals surface area contributed by atoms with Crippen molar-refractivity contribution in [3.8, 4) is 0 Å². The van der Waals surface area contributed by atoms with Gasteiger partial charge in [0.25, 0.3) is 0 Å². The summed E-state index contributed by atoms with van der Waals surface area (Å²) < 4.78 is 0. The molecule has 0 aromatic carbocycles. The molecular formula is C9H15N3S. The van der Waals surface area contributed by atoms with Crippen LogP contribution in [0.15, 0.2) is 5.38 Å². The van der Waals surface area contributed by atoms with Crippen LogP contribution < -0.4 is 11.1 Å². The van der Waals surface area contributed by atoms with Gasteiger partial charge in [-0.25, -0.2) is 4.98 Å². The SMILES string of the molecule is CC(N)Cc1csc(NC2CC2)n1. The van der Waals surface area contributed by atoms with E-state index in [-0.39, 0.29) is 6.04 Å². The molecule has 2 rings (SSSR count). The molecule has 0 saturated heterocycles. The van der Waals surface area contributed by atoms with Crippen LogP contribution >= 0.6 is 11.3 Å². The minimum absolute atomic E-state index is 0.205. The Bertz CT molecular complexity index is 260. The van der Waals surface area contributed by atoms with Gasteiger partial charge in [0.15, 0.2) is 5.13 Å². The highest BCUT2D eigenvalue weighted by atomic mass is 32.1. The number of rotatable bonds is 4. The van der Waals surface area contributed by atoms with Crippen LogP contribution in [0.4, 0.5) is 5.13 Å². The number of anilines is 1. The van der Waals surface area contributed by atoms with Gasteiger partial charge < -0.3 is 11.1 Å². The maximum atomic E-state index is 5.69. The first-order chi connectivity index (χ1) is 6.24. The van der Waals surface area contributed by atoms with Crippen LogP contribution in [0.1, 0.15) is 25.5 Å². The zero-order valence-corrected chi connectivity index (χ0v) is 8.60. The van der Waals surface area contributed by atoms with Crippen molar-refractivity contribution >= 4 is 16.5 Å². The Labute approximate surface area is 82.4 Å². The van der Waals surface area contributed by atoms with Gasteiger partial charge >= 0.3 is 0 Å². The van der Waals surface area contributed by atoms with Crippen LogP contribution in [-0.2, 0) is 6.42 Å². The number of nitrogens with one attached hydrogen (secondary N) is 1.